The first kappa shape index (κ1) is 19.7. The van der Waals surface area contributed by atoms with Gasteiger partial charge in [0.1, 0.15) is 0 Å². The summed E-state index contributed by atoms with van der Waals surface area (Å²) in [6.45, 7) is 7.45. The molecule has 28 heavy (non-hydrogen) atoms. The standard InChI is InChI=1S/C21H29N7/c1-17-13-18(2)28(26-17)11-4-9-24-21(22-3)25-14-19-5-7-20(8-6-19)15-27-12-10-23-16-27/h5-8,10,12-13,16H,4,9,11,14-15H2,1-3H3,(H2,22,24,25). The fourth-order valence-electron chi connectivity index (χ4n) is 3.10. The van der Waals surface area contributed by atoms with Crippen molar-refractivity contribution in [1.29, 1.82) is 0 Å². The van der Waals surface area contributed by atoms with Crippen LogP contribution in [0.4, 0.5) is 0 Å². The van der Waals surface area contributed by atoms with Crippen molar-refractivity contribution >= 4 is 5.96 Å². The fraction of sp³-hybridized carbons (Fsp3) is 0.381. The predicted octanol–water partition coefficient (Wildman–Crippen LogP) is 2.50. The third kappa shape index (κ3) is 5.70. The maximum atomic E-state index is 4.49. The Bertz CT molecular complexity index is 876. The number of imidazole rings is 1. The number of rotatable bonds is 8. The zero-order valence-corrected chi connectivity index (χ0v) is 16.9. The first-order valence-corrected chi connectivity index (χ1v) is 9.63. The Morgan fingerprint density at radius 3 is 2.54 bits per heavy atom. The fourth-order valence-corrected chi connectivity index (χ4v) is 3.10. The quantitative estimate of drug-likeness (QED) is 0.358. The molecule has 0 aliphatic carbocycles. The number of nitrogens with zero attached hydrogens (tertiary/aromatic N) is 5. The molecule has 7 heteroatoms. The van der Waals surface area contributed by atoms with E-state index in [4.69, 9.17) is 0 Å². The molecule has 0 fully saturated rings. The lowest BCUT2D eigenvalue weighted by molar-refractivity contribution is 0.555. The average molecular weight is 380 g/mol. The summed E-state index contributed by atoms with van der Waals surface area (Å²) in [5.41, 5.74) is 4.75. The third-order valence-corrected chi connectivity index (χ3v) is 4.57. The van der Waals surface area contributed by atoms with Crippen LogP contribution in [0.5, 0.6) is 0 Å². The van der Waals surface area contributed by atoms with E-state index >= 15 is 0 Å². The van der Waals surface area contributed by atoms with Gasteiger partial charge in [-0.05, 0) is 37.5 Å². The molecule has 2 N–H and O–H groups in total. The molecule has 0 atom stereocenters. The summed E-state index contributed by atoms with van der Waals surface area (Å²) in [5, 5.41) is 11.2. The van der Waals surface area contributed by atoms with Crippen molar-refractivity contribution in [2.45, 2.75) is 39.9 Å². The van der Waals surface area contributed by atoms with Crippen LogP contribution < -0.4 is 10.6 Å². The zero-order chi connectivity index (χ0) is 19.8. The lowest BCUT2D eigenvalue weighted by Gasteiger charge is -2.12. The van der Waals surface area contributed by atoms with Crippen molar-refractivity contribution in [3.63, 3.8) is 0 Å². The van der Waals surface area contributed by atoms with Gasteiger partial charge in [-0.2, -0.15) is 5.10 Å². The first-order chi connectivity index (χ1) is 13.6. The Morgan fingerprint density at radius 1 is 1.11 bits per heavy atom. The van der Waals surface area contributed by atoms with Gasteiger partial charge in [-0.3, -0.25) is 9.67 Å². The summed E-state index contributed by atoms with van der Waals surface area (Å²) >= 11 is 0. The van der Waals surface area contributed by atoms with E-state index in [0.717, 1.165) is 44.3 Å². The predicted molar refractivity (Wildman–Crippen MR) is 112 cm³/mol. The van der Waals surface area contributed by atoms with Gasteiger partial charge in [-0.1, -0.05) is 24.3 Å². The number of aryl methyl sites for hydroxylation is 3. The molecule has 0 radical (unpaired) electrons. The van der Waals surface area contributed by atoms with Crippen LogP contribution in [-0.2, 0) is 19.6 Å². The average Bonchev–Trinajstić information content (AvgIpc) is 3.31. The molecule has 0 saturated heterocycles. The first-order valence-electron chi connectivity index (χ1n) is 9.63. The lowest BCUT2D eigenvalue weighted by Crippen LogP contribution is -2.37. The summed E-state index contributed by atoms with van der Waals surface area (Å²) in [5.74, 6) is 0.816. The molecule has 7 nitrogen and oxygen atoms in total. The van der Waals surface area contributed by atoms with Crippen LogP contribution in [0.25, 0.3) is 0 Å². The van der Waals surface area contributed by atoms with Gasteiger partial charge in [0.05, 0.1) is 12.0 Å². The van der Waals surface area contributed by atoms with Gasteiger partial charge in [0.15, 0.2) is 5.96 Å². The zero-order valence-electron chi connectivity index (χ0n) is 16.9. The largest absolute Gasteiger partial charge is 0.356 e. The normalized spacial score (nSPS) is 11.6. The summed E-state index contributed by atoms with van der Waals surface area (Å²) in [4.78, 5) is 8.37. The van der Waals surface area contributed by atoms with Crippen molar-refractivity contribution in [2.75, 3.05) is 13.6 Å². The number of nitrogens with one attached hydrogen (secondary N) is 2. The van der Waals surface area contributed by atoms with E-state index < -0.39 is 0 Å². The third-order valence-electron chi connectivity index (χ3n) is 4.57. The van der Waals surface area contributed by atoms with Crippen molar-refractivity contribution in [1.82, 2.24) is 30.0 Å². The molecule has 0 spiro atoms. The Hall–Kier alpha value is -3.09. The van der Waals surface area contributed by atoms with E-state index in [1.807, 2.05) is 19.4 Å². The number of aromatic nitrogens is 4. The van der Waals surface area contributed by atoms with E-state index in [-0.39, 0.29) is 0 Å². The molecule has 3 aromatic rings. The maximum Gasteiger partial charge on any atom is 0.191 e. The molecular formula is C21H29N7. The number of hydrogen-bond acceptors (Lipinski definition) is 3. The summed E-state index contributed by atoms with van der Waals surface area (Å²) in [6, 6.07) is 10.7. The Balaban J connectivity index is 1.39. The number of aliphatic imine (C=N–C) groups is 1. The summed E-state index contributed by atoms with van der Waals surface area (Å²) < 4.78 is 4.11. The van der Waals surface area contributed by atoms with Gasteiger partial charge in [-0.25, -0.2) is 4.98 Å². The van der Waals surface area contributed by atoms with E-state index in [1.165, 1.54) is 16.8 Å². The van der Waals surface area contributed by atoms with Crippen LogP contribution in [0, 0.1) is 13.8 Å². The molecule has 0 aliphatic heterocycles. The molecule has 0 bridgehead atoms. The molecule has 0 saturated carbocycles. The second-order valence-electron chi connectivity index (χ2n) is 6.91. The minimum atomic E-state index is 0.739. The molecule has 2 heterocycles. The van der Waals surface area contributed by atoms with Crippen LogP contribution in [0.1, 0.15) is 28.9 Å². The Labute approximate surface area is 166 Å². The smallest absolute Gasteiger partial charge is 0.191 e. The molecule has 2 aromatic heterocycles. The molecule has 0 unspecified atom stereocenters. The van der Waals surface area contributed by atoms with Crippen LogP contribution in [0.3, 0.4) is 0 Å². The van der Waals surface area contributed by atoms with Gasteiger partial charge in [0, 0.05) is 51.3 Å². The molecule has 0 amide bonds. The Morgan fingerprint density at radius 2 is 1.89 bits per heavy atom. The molecular weight excluding hydrogens is 350 g/mol. The summed E-state index contributed by atoms with van der Waals surface area (Å²) in [6.07, 6.45) is 6.60. The molecule has 3 rings (SSSR count). The highest BCUT2D eigenvalue weighted by molar-refractivity contribution is 5.79. The van der Waals surface area contributed by atoms with Crippen LogP contribution in [-0.4, -0.2) is 38.9 Å². The van der Waals surface area contributed by atoms with Gasteiger partial charge in [-0.15, -0.1) is 0 Å². The van der Waals surface area contributed by atoms with Crippen molar-refractivity contribution in [3.8, 4) is 0 Å². The van der Waals surface area contributed by atoms with Crippen molar-refractivity contribution in [2.24, 2.45) is 4.99 Å². The topological polar surface area (TPSA) is 72.1 Å². The van der Waals surface area contributed by atoms with Gasteiger partial charge >= 0.3 is 0 Å². The van der Waals surface area contributed by atoms with E-state index in [1.54, 1.807) is 13.2 Å². The minimum Gasteiger partial charge on any atom is -0.356 e. The monoisotopic (exact) mass is 379 g/mol. The number of guanidine groups is 1. The minimum absolute atomic E-state index is 0.739. The second kappa shape index (κ2) is 9.73. The van der Waals surface area contributed by atoms with Crippen molar-refractivity contribution < 1.29 is 0 Å². The molecule has 0 aliphatic rings. The van der Waals surface area contributed by atoms with Crippen molar-refractivity contribution in [3.05, 3.63) is 71.6 Å². The van der Waals surface area contributed by atoms with E-state index in [0.29, 0.717) is 0 Å². The maximum absolute atomic E-state index is 4.49. The van der Waals surface area contributed by atoms with Crippen LogP contribution in [0.2, 0.25) is 0 Å². The van der Waals surface area contributed by atoms with Gasteiger partial charge in [0.25, 0.3) is 0 Å². The summed E-state index contributed by atoms with van der Waals surface area (Å²) in [7, 11) is 1.80. The number of hydrogen-bond donors (Lipinski definition) is 2. The molecule has 148 valence electrons. The van der Waals surface area contributed by atoms with Gasteiger partial charge in [0.2, 0.25) is 0 Å². The lowest BCUT2D eigenvalue weighted by atomic mass is 10.1. The highest BCUT2D eigenvalue weighted by Crippen LogP contribution is 2.06. The highest BCUT2D eigenvalue weighted by atomic mass is 15.3. The SMILES string of the molecule is CN=C(NCCCn1nc(C)cc1C)NCc1ccc(Cn2ccnc2)cc1. The molecule has 1 aromatic carbocycles. The van der Waals surface area contributed by atoms with E-state index in [9.17, 15) is 0 Å². The van der Waals surface area contributed by atoms with E-state index in [2.05, 4.69) is 72.2 Å². The highest BCUT2D eigenvalue weighted by Gasteiger charge is 2.02. The van der Waals surface area contributed by atoms with Crippen LogP contribution >= 0.6 is 0 Å². The Kier molecular flexibility index (Phi) is 6.84. The van der Waals surface area contributed by atoms with Crippen LogP contribution in [0.15, 0.2) is 54.0 Å². The number of benzene rings is 1. The van der Waals surface area contributed by atoms with Gasteiger partial charge < -0.3 is 15.2 Å². The second-order valence-corrected chi connectivity index (χ2v) is 6.91.